The Hall–Kier alpha value is -4.13. The van der Waals surface area contributed by atoms with Crippen LogP contribution < -0.4 is 9.47 Å². The number of rotatable bonds is 8. The van der Waals surface area contributed by atoms with Crippen molar-refractivity contribution in [2.24, 2.45) is 0 Å². The van der Waals surface area contributed by atoms with E-state index in [9.17, 15) is 20.0 Å². The minimum atomic E-state index is -0.473. The minimum absolute atomic E-state index is 0.0128. The van der Waals surface area contributed by atoms with Crippen molar-refractivity contribution < 1.29 is 24.3 Å². The van der Waals surface area contributed by atoms with Gasteiger partial charge in [-0.15, -0.1) is 0 Å². The highest BCUT2D eigenvalue weighted by Gasteiger charge is 2.09. The predicted octanol–water partition coefficient (Wildman–Crippen LogP) is 4.78. The van der Waals surface area contributed by atoms with Gasteiger partial charge in [-0.25, -0.2) is 0 Å². The number of nitro benzene ring substituents is 1. The molecule has 0 saturated heterocycles. The molecule has 3 rings (SSSR count). The summed E-state index contributed by atoms with van der Waals surface area (Å²) in [7, 11) is 1.54. The highest BCUT2D eigenvalue weighted by atomic mass is 16.6. The maximum Gasteiger partial charge on any atom is 0.269 e. The minimum Gasteiger partial charge on any atom is -0.507 e. The Morgan fingerprint density at radius 3 is 2.50 bits per heavy atom. The van der Waals surface area contributed by atoms with Crippen LogP contribution in [0.15, 0.2) is 72.8 Å². The number of methoxy groups -OCH3 is 1. The largest absolute Gasteiger partial charge is 0.507 e. The molecule has 3 aromatic rings. The molecule has 7 heteroatoms. The van der Waals surface area contributed by atoms with Crippen molar-refractivity contribution in [3.05, 3.63) is 99.6 Å². The molecule has 0 aromatic heterocycles. The van der Waals surface area contributed by atoms with Gasteiger partial charge in [-0.1, -0.05) is 24.3 Å². The fourth-order valence-electron chi connectivity index (χ4n) is 2.78. The molecule has 0 saturated carbocycles. The lowest BCUT2D eigenvalue weighted by Crippen LogP contribution is -2.00. The Morgan fingerprint density at radius 1 is 1.10 bits per heavy atom. The van der Waals surface area contributed by atoms with Crippen LogP contribution in [0.3, 0.4) is 0 Å². The van der Waals surface area contributed by atoms with Gasteiger partial charge in [0.25, 0.3) is 5.69 Å². The summed E-state index contributed by atoms with van der Waals surface area (Å²) < 4.78 is 11.1. The number of phenols is 1. The second-order valence-electron chi connectivity index (χ2n) is 6.33. The van der Waals surface area contributed by atoms with Gasteiger partial charge in [-0.2, -0.15) is 0 Å². The van der Waals surface area contributed by atoms with Crippen LogP contribution in [0, 0.1) is 10.1 Å². The molecule has 7 nitrogen and oxygen atoms in total. The number of ether oxygens (including phenoxy) is 2. The van der Waals surface area contributed by atoms with E-state index in [1.807, 2.05) is 6.07 Å². The third kappa shape index (κ3) is 5.02. The van der Waals surface area contributed by atoms with Crippen molar-refractivity contribution in [1.29, 1.82) is 0 Å². The molecule has 3 aromatic carbocycles. The Bertz CT molecular complexity index is 1090. The van der Waals surface area contributed by atoms with Crippen molar-refractivity contribution in [2.45, 2.75) is 6.61 Å². The summed E-state index contributed by atoms with van der Waals surface area (Å²) in [5.74, 6) is 0.714. The van der Waals surface area contributed by atoms with Crippen LogP contribution in [0.2, 0.25) is 0 Å². The van der Waals surface area contributed by atoms with Gasteiger partial charge in [0, 0.05) is 17.7 Å². The van der Waals surface area contributed by atoms with Gasteiger partial charge in [0.2, 0.25) is 0 Å². The summed E-state index contributed by atoms with van der Waals surface area (Å²) in [6.07, 6.45) is 3.03. The molecule has 0 bridgehead atoms. The van der Waals surface area contributed by atoms with E-state index in [-0.39, 0.29) is 29.4 Å². The normalized spacial score (nSPS) is 10.7. The third-order valence-electron chi connectivity index (χ3n) is 4.34. The topological polar surface area (TPSA) is 98.9 Å². The van der Waals surface area contributed by atoms with E-state index in [0.717, 1.165) is 11.1 Å². The standard InChI is InChI=1S/C23H19NO6/c1-29-23-13-7-16(6-12-22(26)20-4-2-3-5-21(20)25)14-17(23)15-30-19-10-8-18(9-11-19)24(27)28/h2-14,25H,15H2,1H3/b12-6+. The second kappa shape index (κ2) is 9.38. The molecule has 0 unspecified atom stereocenters. The molecular weight excluding hydrogens is 386 g/mol. The van der Waals surface area contributed by atoms with Gasteiger partial charge >= 0.3 is 0 Å². The Labute approximate surface area is 173 Å². The molecular formula is C23H19NO6. The zero-order chi connectivity index (χ0) is 21.5. The van der Waals surface area contributed by atoms with E-state index >= 15 is 0 Å². The number of nitrogens with zero attached hydrogens (tertiary/aromatic N) is 1. The molecule has 0 fully saturated rings. The Morgan fingerprint density at radius 2 is 1.83 bits per heavy atom. The molecule has 0 spiro atoms. The van der Waals surface area contributed by atoms with Gasteiger partial charge in [-0.3, -0.25) is 14.9 Å². The maximum atomic E-state index is 12.3. The van der Waals surface area contributed by atoms with Crippen molar-refractivity contribution in [3.8, 4) is 17.2 Å². The van der Waals surface area contributed by atoms with Gasteiger partial charge in [0.15, 0.2) is 5.78 Å². The molecule has 0 aliphatic rings. The third-order valence-corrected chi connectivity index (χ3v) is 4.34. The average Bonchev–Trinajstić information content (AvgIpc) is 2.76. The number of para-hydroxylation sites is 1. The fourth-order valence-corrected chi connectivity index (χ4v) is 2.78. The summed E-state index contributed by atoms with van der Waals surface area (Å²) in [6.45, 7) is 0.177. The molecule has 0 heterocycles. The number of aromatic hydroxyl groups is 1. The molecule has 0 atom stereocenters. The number of ketones is 1. The predicted molar refractivity (Wildman–Crippen MR) is 112 cm³/mol. The quantitative estimate of drug-likeness (QED) is 0.250. The van der Waals surface area contributed by atoms with Crippen LogP contribution in [-0.4, -0.2) is 22.9 Å². The van der Waals surface area contributed by atoms with Crippen molar-refractivity contribution in [3.63, 3.8) is 0 Å². The molecule has 152 valence electrons. The zero-order valence-electron chi connectivity index (χ0n) is 16.1. The number of benzene rings is 3. The monoisotopic (exact) mass is 405 g/mol. The number of allylic oxidation sites excluding steroid dienone is 1. The first kappa shape index (κ1) is 20.6. The zero-order valence-corrected chi connectivity index (χ0v) is 16.1. The Balaban J connectivity index is 1.74. The lowest BCUT2D eigenvalue weighted by molar-refractivity contribution is -0.384. The van der Waals surface area contributed by atoms with Gasteiger partial charge in [0.05, 0.1) is 17.6 Å². The van der Waals surface area contributed by atoms with Crippen molar-refractivity contribution in [2.75, 3.05) is 7.11 Å². The van der Waals surface area contributed by atoms with Gasteiger partial charge < -0.3 is 14.6 Å². The average molecular weight is 405 g/mol. The van der Waals surface area contributed by atoms with E-state index in [2.05, 4.69) is 0 Å². The number of hydrogen-bond donors (Lipinski definition) is 1. The van der Waals surface area contributed by atoms with Crippen LogP contribution in [0.25, 0.3) is 6.08 Å². The number of phenolic OH excluding ortho intramolecular Hbond substituents is 1. The molecule has 0 amide bonds. The number of non-ortho nitro benzene ring substituents is 1. The number of carbonyl (C=O) groups is 1. The lowest BCUT2D eigenvalue weighted by Gasteiger charge is -2.11. The van der Waals surface area contributed by atoms with Crippen LogP contribution >= 0.6 is 0 Å². The van der Waals surface area contributed by atoms with Crippen LogP contribution in [-0.2, 0) is 6.61 Å². The van der Waals surface area contributed by atoms with Crippen molar-refractivity contribution >= 4 is 17.5 Å². The molecule has 30 heavy (non-hydrogen) atoms. The molecule has 0 aliphatic heterocycles. The lowest BCUT2D eigenvalue weighted by atomic mass is 10.1. The molecule has 0 aliphatic carbocycles. The van der Waals surface area contributed by atoms with E-state index in [0.29, 0.717) is 11.5 Å². The molecule has 1 N–H and O–H groups in total. The van der Waals surface area contributed by atoms with E-state index in [1.165, 1.54) is 36.4 Å². The van der Waals surface area contributed by atoms with E-state index < -0.39 is 4.92 Å². The van der Waals surface area contributed by atoms with Crippen molar-refractivity contribution in [1.82, 2.24) is 0 Å². The van der Waals surface area contributed by atoms with Crippen LogP contribution in [0.4, 0.5) is 5.69 Å². The Kier molecular flexibility index (Phi) is 6.44. The second-order valence-corrected chi connectivity index (χ2v) is 6.33. The van der Waals surface area contributed by atoms with E-state index in [4.69, 9.17) is 9.47 Å². The maximum absolute atomic E-state index is 12.3. The highest BCUT2D eigenvalue weighted by Crippen LogP contribution is 2.24. The first-order valence-electron chi connectivity index (χ1n) is 9.02. The fraction of sp³-hybridized carbons (Fsp3) is 0.0870. The summed E-state index contributed by atoms with van der Waals surface area (Å²) in [5.41, 5.74) is 1.71. The molecule has 0 radical (unpaired) electrons. The van der Waals surface area contributed by atoms with E-state index in [1.54, 1.807) is 43.5 Å². The number of carbonyl (C=O) groups excluding carboxylic acids is 1. The first-order chi connectivity index (χ1) is 14.5. The van der Waals surface area contributed by atoms with Gasteiger partial charge in [-0.05, 0) is 48.0 Å². The van der Waals surface area contributed by atoms with Gasteiger partial charge in [0.1, 0.15) is 23.9 Å². The number of hydrogen-bond acceptors (Lipinski definition) is 6. The smallest absolute Gasteiger partial charge is 0.269 e. The summed E-state index contributed by atoms with van der Waals surface area (Å²) >= 11 is 0. The SMILES string of the molecule is COc1ccc(/C=C/C(=O)c2ccccc2O)cc1COc1ccc([N+](=O)[O-])cc1. The summed E-state index contributed by atoms with van der Waals surface area (Å²) in [4.78, 5) is 22.6. The summed E-state index contributed by atoms with van der Waals surface area (Å²) in [6, 6.07) is 17.5. The first-order valence-corrected chi connectivity index (χ1v) is 9.02. The number of nitro groups is 1. The van der Waals surface area contributed by atoms with Crippen LogP contribution in [0.5, 0.6) is 17.2 Å². The van der Waals surface area contributed by atoms with Crippen LogP contribution in [0.1, 0.15) is 21.5 Å². The highest BCUT2D eigenvalue weighted by molar-refractivity contribution is 6.08. The summed E-state index contributed by atoms with van der Waals surface area (Å²) in [5, 5.41) is 20.5.